The van der Waals surface area contributed by atoms with E-state index in [0.29, 0.717) is 80.4 Å². The first kappa shape index (κ1) is 25.2. The van der Waals surface area contributed by atoms with Crippen LogP contribution in [-0.2, 0) is 20.9 Å². The molecule has 0 bridgehead atoms. The van der Waals surface area contributed by atoms with Crippen LogP contribution in [0.3, 0.4) is 0 Å². The van der Waals surface area contributed by atoms with E-state index in [4.69, 9.17) is 21.3 Å². The second kappa shape index (κ2) is 10.7. The minimum absolute atomic E-state index is 0.0545. The maximum absolute atomic E-state index is 12.8. The number of nitrogens with zero attached hydrogens (tertiary/aromatic N) is 3. The van der Waals surface area contributed by atoms with E-state index in [2.05, 4.69) is 11.5 Å². The molecule has 1 aromatic rings. The van der Waals surface area contributed by atoms with Crippen molar-refractivity contribution in [2.45, 2.75) is 71.4 Å². The van der Waals surface area contributed by atoms with Gasteiger partial charge in [0.15, 0.2) is 5.78 Å². The van der Waals surface area contributed by atoms with E-state index >= 15 is 0 Å². The summed E-state index contributed by atoms with van der Waals surface area (Å²) in [5.74, 6) is 0.302. The number of rotatable bonds is 8. The van der Waals surface area contributed by atoms with Crippen molar-refractivity contribution in [2.75, 3.05) is 24.5 Å². The summed E-state index contributed by atoms with van der Waals surface area (Å²) in [6.45, 7) is 11.5. The van der Waals surface area contributed by atoms with E-state index in [0.717, 1.165) is 6.42 Å². The van der Waals surface area contributed by atoms with Crippen molar-refractivity contribution in [3.05, 3.63) is 35.0 Å². The van der Waals surface area contributed by atoms with Crippen LogP contribution < -0.4 is 4.90 Å². The molecule has 0 N–H and O–H groups in total. The lowest BCUT2D eigenvalue weighted by molar-refractivity contribution is -0.160. The van der Waals surface area contributed by atoms with E-state index in [1.165, 1.54) is 0 Å². The number of aromatic nitrogens is 1. The number of hydrogen-bond donors (Lipinski definition) is 0. The van der Waals surface area contributed by atoms with Crippen molar-refractivity contribution in [2.24, 2.45) is 5.92 Å². The third-order valence-corrected chi connectivity index (χ3v) is 6.24. The van der Waals surface area contributed by atoms with Gasteiger partial charge < -0.3 is 14.5 Å². The number of amides is 1. The van der Waals surface area contributed by atoms with E-state index in [1.54, 1.807) is 17.0 Å². The Morgan fingerprint density at radius 1 is 1.27 bits per heavy atom. The quantitative estimate of drug-likeness (QED) is 0.311. The molecule has 0 saturated carbocycles. The van der Waals surface area contributed by atoms with Crippen LogP contribution in [0.5, 0.6) is 0 Å². The second-order valence-corrected chi connectivity index (χ2v) is 10.2. The van der Waals surface area contributed by atoms with Crippen LogP contribution in [0.2, 0.25) is 5.02 Å². The molecule has 0 radical (unpaired) electrons. The summed E-state index contributed by atoms with van der Waals surface area (Å²) in [4.78, 5) is 46.1. The number of piperidine rings is 1. The Morgan fingerprint density at radius 3 is 2.55 bits per heavy atom. The topological polar surface area (TPSA) is 79.8 Å². The Morgan fingerprint density at radius 2 is 1.97 bits per heavy atom. The Hall–Kier alpha value is -2.41. The number of ketones is 1. The van der Waals surface area contributed by atoms with E-state index in [9.17, 15) is 14.4 Å². The summed E-state index contributed by atoms with van der Waals surface area (Å²) in [6, 6.07) is 1.69. The number of carbonyl (C=O) groups is 3. The van der Waals surface area contributed by atoms with Crippen molar-refractivity contribution < 1.29 is 19.1 Å². The first-order chi connectivity index (χ1) is 15.6. The smallest absolute Gasteiger partial charge is 0.309 e. The third-order valence-electron chi connectivity index (χ3n) is 5.96. The zero-order chi connectivity index (χ0) is 24.2. The largest absolute Gasteiger partial charge is 0.460 e. The summed E-state index contributed by atoms with van der Waals surface area (Å²) in [5, 5.41) is 0.407. The van der Waals surface area contributed by atoms with Gasteiger partial charge >= 0.3 is 5.97 Å². The number of carbonyl (C=O) groups excluding carboxylic acids is 3. The molecule has 2 fully saturated rings. The standard InChI is InChI=1S/C25H34ClN3O4/c1-5-6-8-21(30)18-15-19(26)23(27-20(18)16-29-12-7-9-22(29)31)28-13-10-17(11-14-28)24(32)33-25(2,3)4/h5,15,17H,1,6-14,16H2,2-4H3. The number of allylic oxidation sites excluding steroid dienone is 1. The fourth-order valence-corrected chi connectivity index (χ4v) is 4.50. The number of pyridine rings is 1. The second-order valence-electron chi connectivity index (χ2n) is 9.75. The molecular weight excluding hydrogens is 442 g/mol. The Labute approximate surface area is 201 Å². The van der Waals surface area contributed by atoms with Gasteiger partial charge in [0.25, 0.3) is 0 Å². The molecule has 0 spiro atoms. The highest BCUT2D eigenvalue weighted by Gasteiger charge is 2.31. The monoisotopic (exact) mass is 475 g/mol. The van der Waals surface area contributed by atoms with Crippen molar-refractivity contribution in [1.29, 1.82) is 0 Å². The van der Waals surface area contributed by atoms with Crippen molar-refractivity contribution >= 4 is 35.1 Å². The molecule has 3 rings (SSSR count). The van der Waals surface area contributed by atoms with Gasteiger partial charge in [0, 0.05) is 38.0 Å². The van der Waals surface area contributed by atoms with Gasteiger partial charge in [-0.2, -0.15) is 0 Å². The Bertz CT molecular complexity index is 917. The van der Waals surface area contributed by atoms with Crippen LogP contribution >= 0.6 is 11.6 Å². The summed E-state index contributed by atoms with van der Waals surface area (Å²) >= 11 is 6.60. The first-order valence-corrected chi connectivity index (χ1v) is 12.1. The number of hydrogen-bond acceptors (Lipinski definition) is 6. The highest BCUT2D eigenvalue weighted by atomic mass is 35.5. The molecule has 1 aromatic heterocycles. The fourth-order valence-electron chi connectivity index (χ4n) is 4.23. The molecule has 7 nitrogen and oxygen atoms in total. The van der Waals surface area contributed by atoms with Crippen molar-refractivity contribution in [1.82, 2.24) is 9.88 Å². The van der Waals surface area contributed by atoms with Crippen LogP contribution in [-0.4, -0.2) is 52.8 Å². The molecule has 0 unspecified atom stereocenters. The fraction of sp³-hybridized carbons (Fsp3) is 0.600. The normalized spacial score (nSPS) is 17.4. The number of ether oxygens (including phenoxy) is 1. The third kappa shape index (κ3) is 6.56. The molecule has 33 heavy (non-hydrogen) atoms. The van der Waals surface area contributed by atoms with Gasteiger partial charge in [-0.3, -0.25) is 14.4 Å². The van der Waals surface area contributed by atoms with Gasteiger partial charge in [-0.25, -0.2) is 4.98 Å². The molecule has 2 aliphatic rings. The lowest BCUT2D eigenvalue weighted by Crippen LogP contribution is -2.39. The minimum Gasteiger partial charge on any atom is -0.460 e. The van der Waals surface area contributed by atoms with Gasteiger partial charge in [-0.05, 0) is 52.5 Å². The molecule has 0 aromatic carbocycles. The van der Waals surface area contributed by atoms with E-state index in [1.807, 2.05) is 20.8 Å². The lowest BCUT2D eigenvalue weighted by atomic mass is 9.96. The molecule has 180 valence electrons. The van der Waals surface area contributed by atoms with Gasteiger partial charge in [0.1, 0.15) is 11.4 Å². The van der Waals surface area contributed by atoms with Crippen LogP contribution in [0.4, 0.5) is 5.82 Å². The van der Waals surface area contributed by atoms with E-state index < -0.39 is 5.60 Å². The van der Waals surface area contributed by atoms with Gasteiger partial charge in [-0.15, -0.1) is 6.58 Å². The maximum Gasteiger partial charge on any atom is 0.309 e. The predicted molar refractivity (Wildman–Crippen MR) is 128 cm³/mol. The summed E-state index contributed by atoms with van der Waals surface area (Å²) in [6.07, 6.45) is 5.23. The molecule has 2 saturated heterocycles. The summed E-state index contributed by atoms with van der Waals surface area (Å²) in [5.41, 5.74) is 0.538. The van der Waals surface area contributed by atoms with Gasteiger partial charge in [-0.1, -0.05) is 17.7 Å². The number of Topliss-reactive ketones (excluding diaryl/α,β-unsaturated/α-hetero) is 1. The summed E-state index contributed by atoms with van der Waals surface area (Å²) in [7, 11) is 0. The lowest BCUT2D eigenvalue weighted by Gasteiger charge is -2.34. The Kier molecular flexibility index (Phi) is 8.16. The SMILES string of the molecule is C=CCCC(=O)c1cc(Cl)c(N2CCC(C(=O)OC(C)(C)C)CC2)nc1CN1CCCC1=O. The molecule has 3 heterocycles. The van der Waals surface area contributed by atoms with Crippen molar-refractivity contribution in [3.63, 3.8) is 0 Å². The number of esters is 1. The number of halogens is 1. The predicted octanol–water partition coefficient (Wildman–Crippen LogP) is 4.56. The molecule has 0 aliphatic carbocycles. The Balaban J connectivity index is 1.80. The van der Waals surface area contributed by atoms with E-state index in [-0.39, 0.29) is 23.6 Å². The van der Waals surface area contributed by atoms with Crippen LogP contribution in [0.25, 0.3) is 0 Å². The minimum atomic E-state index is -0.505. The molecule has 2 aliphatic heterocycles. The highest BCUT2D eigenvalue weighted by molar-refractivity contribution is 6.33. The summed E-state index contributed by atoms with van der Waals surface area (Å²) < 4.78 is 5.54. The first-order valence-electron chi connectivity index (χ1n) is 11.7. The average Bonchev–Trinajstić information content (AvgIpc) is 3.16. The molecule has 8 heteroatoms. The van der Waals surface area contributed by atoms with Crippen LogP contribution in [0, 0.1) is 5.92 Å². The zero-order valence-electron chi connectivity index (χ0n) is 19.9. The van der Waals surface area contributed by atoms with Gasteiger partial charge in [0.2, 0.25) is 5.91 Å². The number of anilines is 1. The number of likely N-dealkylation sites (tertiary alicyclic amines) is 1. The molecular formula is C25H34ClN3O4. The zero-order valence-corrected chi connectivity index (χ0v) is 20.6. The van der Waals surface area contributed by atoms with Crippen LogP contribution in [0.1, 0.15) is 75.3 Å². The maximum atomic E-state index is 12.8. The van der Waals surface area contributed by atoms with Crippen LogP contribution in [0.15, 0.2) is 18.7 Å². The van der Waals surface area contributed by atoms with Gasteiger partial charge in [0.05, 0.1) is 23.2 Å². The molecule has 0 atom stereocenters. The van der Waals surface area contributed by atoms with Crippen molar-refractivity contribution in [3.8, 4) is 0 Å². The average molecular weight is 476 g/mol. The highest BCUT2D eigenvalue weighted by Crippen LogP contribution is 2.32. The molecule has 1 amide bonds.